The van der Waals surface area contributed by atoms with Crippen LogP contribution in [0.2, 0.25) is 0 Å². The van der Waals surface area contributed by atoms with Gasteiger partial charge in [-0.3, -0.25) is 9.69 Å². The van der Waals surface area contributed by atoms with Crippen LogP contribution in [0.15, 0.2) is 24.3 Å². The van der Waals surface area contributed by atoms with Crippen molar-refractivity contribution in [2.75, 3.05) is 49.6 Å². The third-order valence-electron chi connectivity index (χ3n) is 8.17. The van der Waals surface area contributed by atoms with Crippen molar-refractivity contribution in [1.29, 1.82) is 5.26 Å². The Bertz CT molecular complexity index is 1670. The number of imidazole rings is 1. The largest absolute Gasteiger partial charge is 0.389 e. The number of aliphatic hydroxyl groups excluding tert-OH is 1. The Morgan fingerprint density at radius 1 is 1.17 bits per heavy atom. The number of piperazine rings is 1. The summed E-state index contributed by atoms with van der Waals surface area (Å²) in [6.45, 7) is 4.94. The molecule has 4 aromatic rings. The zero-order valence-corrected chi connectivity index (χ0v) is 24.2. The molecular formula is C27H28FN9O2S2. The highest BCUT2D eigenvalue weighted by Crippen LogP contribution is 2.40. The second-order valence-corrected chi connectivity index (χ2v) is 12.7. The summed E-state index contributed by atoms with van der Waals surface area (Å²) in [5.74, 6) is 0.557. The molecule has 1 N–H and O–H groups in total. The highest BCUT2D eigenvalue weighted by molar-refractivity contribution is 7.20. The average molecular weight is 594 g/mol. The minimum Gasteiger partial charge on any atom is -0.389 e. The van der Waals surface area contributed by atoms with Crippen molar-refractivity contribution in [3.63, 3.8) is 0 Å². The number of likely N-dealkylation sites (tertiary alicyclic amines) is 2. The molecule has 7 rings (SSSR count). The predicted octanol–water partition coefficient (Wildman–Crippen LogP) is 2.72. The summed E-state index contributed by atoms with van der Waals surface area (Å²) < 4.78 is 15.4. The lowest BCUT2D eigenvalue weighted by Crippen LogP contribution is -2.57. The lowest BCUT2D eigenvalue weighted by atomic mass is 10.1. The molecule has 0 saturated carbocycles. The van der Waals surface area contributed by atoms with Gasteiger partial charge in [-0.05, 0) is 37.1 Å². The van der Waals surface area contributed by atoms with Gasteiger partial charge in [-0.15, -0.1) is 5.10 Å². The molecule has 212 valence electrons. The van der Waals surface area contributed by atoms with Gasteiger partial charge >= 0.3 is 0 Å². The molecule has 11 nitrogen and oxygen atoms in total. The number of nitriles is 1. The van der Waals surface area contributed by atoms with Gasteiger partial charge in [0, 0.05) is 50.9 Å². The van der Waals surface area contributed by atoms with Crippen molar-refractivity contribution in [1.82, 2.24) is 29.4 Å². The van der Waals surface area contributed by atoms with Crippen LogP contribution in [-0.2, 0) is 11.2 Å². The lowest BCUT2D eigenvalue weighted by Gasteiger charge is -2.39. The average Bonchev–Trinajstić information content (AvgIpc) is 3.76. The summed E-state index contributed by atoms with van der Waals surface area (Å²) in [7, 11) is 1.90. The van der Waals surface area contributed by atoms with E-state index in [2.05, 4.69) is 15.9 Å². The molecule has 0 aliphatic carbocycles. The van der Waals surface area contributed by atoms with E-state index in [4.69, 9.17) is 15.1 Å². The number of aromatic nitrogens is 4. The van der Waals surface area contributed by atoms with Crippen LogP contribution in [0.3, 0.4) is 0 Å². The van der Waals surface area contributed by atoms with Gasteiger partial charge in [0.15, 0.2) is 10.9 Å². The van der Waals surface area contributed by atoms with Crippen LogP contribution < -0.4 is 9.80 Å². The summed E-state index contributed by atoms with van der Waals surface area (Å²) in [5, 5.41) is 25.8. The smallest absolute Gasteiger partial charge is 0.236 e. The zero-order chi connectivity index (χ0) is 28.4. The number of anilines is 3. The SMILES string of the molecule is CCc1nc2sc(N3CC4CC3CN4CC(=O)N3CC(O)C3)nn2c1N(C)c1nc(-c2ccc(F)cc2)c(C#N)s1. The molecule has 2 bridgehead atoms. The molecule has 3 saturated heterocycles. The highest BCUT2D eigenvalue weighted by atomic mass is 32.1. The van der Waals surface area contributed by atoms with E-state index in [0.717, 1.165) is 41.1 Å². The van der Waals surface area contributed by atoms with E-state index in [9.17, 15) is 19.6 Å². The van der Waals surface area contributed by atoms with E-state index in [-0.39, 0.29) is 23.9 Å². The lowest BCUT2D eigenvalue weighted by molar-refractivity contribution is -0.142. The summed E-state index contributed by atoms with van der Waals surface area (Å²) in [6.07, 6.45) is 1.32. The van der Waals surface area contributed by atoms with Gasteiger partial charge in [-0.2, -0.15) is 9.78 Å². The molecular weight excluding hydrogens is 565 g/mol. The second kappa shape index (κ2) is 10.0. The number of hydrogen-bond acceptors (Lipinski definition) is 11. The molecule has 3 fully saturated rings. The Morgan fingerprint density at radius 2 is 1.95 bits per heavy atom. The number of amides is 1. The number of nitrogens with zero attached hydrogens (tertiary/aromatic N) is 9. The van der Waals surface area contributed by atoms with Crippen LogP contribution in [0.4, 0.5) is 20.5 Å². The van der Waals surface area contributed by atoms with Crippen LogP contribution in [0.25, 0.3) is 16.2 Å². The Kier molecular flexibility index (Phi) is 6.42. The van der Waals surface area contributed by atoms with Gasteiger partial charge in [0.25, 0.3) is 0 Å². The van der Waals surface area contributed by atoms with Gasteiger partial charge in [-0.25, -0.2) is 14.4 Å². The molecule has 0 radical (unpaired) electrons. The molecule has 6 heterocycles. The minimum absolute atomic E-state index is 0.0891. The second-order valence-electron chi connectivity index (χ2n) is 10.7. The number of halogens is 1. The number of aliphatic hydroxyl groups is 1. The fourth-order valence-electron chi connectivity index (χ4n) is 5.99. The maximum Gasteiger partial charge on any atom is 0.236 e. The highest BCUT2D eigenvalue weighted by Gasteiger charge is 2.46. The molecule has 2 unspecified atom stereocenters. The maximum atomic E-state index is 13.5. The number of fused-ring (bicyclic) bond motifs is 3. The summed E-state index contributed by atoms with van der Waals surface area (Å²) in [6, 6.07) is 8.81. The van der Waals surface area contributed by atoms with Crippen LogP contribution in [0.5, 0.6) is 0 Å². The third-order valence-corrected chi connectivity index (χ3v) is 10.1. The molecule has 1 aromatic carbocycles. The van der Waals surface area contributed by atoms with E-state index in [1.165, 1.54) is 23.5 Å². The first-order chi connectivity index (χ1) is 19.8. The Morgan fingerprint density at radius 3 is 2.61 bits per heavy atom. The van der Waals surface area contributed by atoms with E-state index < -0.39 is 0 Å². The molecule has 1 amide bonds. The summed E-state index contributed by atoms with van der Waals surface area (Å²) >= 11 is 2.84. The van der Waals surface area contributed by atoms with Crippen molar-refractivity contribution >= 4 is 49.6 Å². The maximum absolute atomic E-state index is 13.5. The Labute approximate surface area is 243 Å². The fourth-order valence-corrected chi connectivity index (χ4v) is 7.84. The molecule has 2 atom stereocenters. The van der Waals surface area contributed by atoms with Crippen molar-refractivity contribution in [3.05, 3.63) is 40.7 Å². The molecule has 3 aliphatic rings. The number of carbonyl (C=O) groups is 1. The fraction of sp³-hybridized carbons (Fsp3) is 0.444. The topological polar surface area (TPSA) is 117 Å². The van der Waals surface area contributed by atoms with E-state index in [1.807, 2.05) is 23.4 Å². The number of benzene rings is 1. The standard InChI is InChI=1S/C27H28FN9O2S2/c1-3-20-24(33(2)25-31-23(21(9-29)40-25)15-4-6-16(28)7-5-15)37-26(30-20)41-27(32-37)36-11-17-8-18(36)10-34(17)14-22(39)35-12-19(38)13-35/h4-7,17-19,38H,3,8,10-14H2,1-2H3. The Hall–Kier alpha value is -3.64. The van der Waals surface area contributed by atoms with Gasteiger partial charge in [-0.1, -0.05) is 29.6 Å². The number of aryl methyl sites for hydroxylation is 1. The molecule has 3 aliphatic heterocycles. The normalized spacial score (nSPS) is 20.7. The van der Waals surface area contributed by atoms with Crippen LogP contribution in [0, 0.1) is 17.1 Å². The van der Waals surface area contributed by atoms with Crippen molar-refractivity contribution in [2.24, 2.45) is 0 Å². The van der Waals surface area contributed by atoms with Crippen molar-refractivity contribution < 1.29 is 14.3 Å². The first-order valence-electron chi connectivity index (χ1n) is 13.6. The third kappa shape index (κ3) is 4.44. The van der Waals surface area contributed by atoms with Crippen LogP contribution in [-0.4, -0.2) is 98.4 Å². The summed E-state index contributed by atoms with van der Waals surface area (Å²) in [4.78, 5) is 31.7. The molecule has 14 heteroatoms. The number of rotatable bonds is 7. The molecule has 41 heavy (non-hydrogen) atoms. The van der Waals surface area contributed by atoms with Crippen LogP contribution in [0.1, 0.15) is 23.9 Å². The minimum atomic E-state index is -0.383. The number of thiazole rings is 1. The number of carbonyl (C=O) groups excluding carboxylic acids is 1. The van der Waals surface area contributed by atoms with Crippen molar-refractivity contribution in [2.45, 2.75) is 38.0 Å². The predicted molar refractivity (Wildman–Crippen MR) is 154 cm³/mol. The first kappa shape index (κ1) is 26.3. The van der Waals surface area contributed by atoms with Gasteiger partial charge in [0.05, 0.1) is 18.3 Å². The monoisotopic (exact) mass is 593 g/mol. The van der Waals surface area contributed by atoms with E-state index >= 15 is 0 Å². The van der Waals surface area contributed by atoms with Gasteiger partial charge < -0.3 is 19.8 Å². The van der Waals surface area contributed by atoms with Crippen molar-refractivity contribution in [3.8, 4) is 17.3 Å². The van der Waals surface area contributed by atoms with Gasteiger partial charge in [0.1, 0.15) is 22.5 Å². The van der Waals surface area contributed by atoms with E-state index in [1.54, 1.807) is 28.4 Å². The molecule has 0 spiro atoms. The first-order valence-corrected chi connectivity index (χ1v) is 15.2. The zero-order valence-electron chi connectivity index (χ0n) is 22.6. The molecule has 3 aromatic heterocycles. The quantitative estimate of drug-likeness (QED) is 0.345. The Balaban J connectivity index is 1.13. The van der Waals surface area contributed by atoms with E-state index in [0.29, 0.717) is 53.4 Å². The van der Waals surface area contributed by atoms with Crippen LogP contribution >= 0.6 is 22.7 Å². The summed E-state index contributed by atoms with van der Waals surface area (Å²) in [5.41, 5.74) is 2.10. The number of β-amino-alcohol motifs (C(OH)–C–C–N with tert-alkyl or cyclic N) is 1. The van der Waals surface area contributed by atoms with Gasteiger partial charge in [0.2, 0.25) is 16.0 Å². The number of hydrogen-bond donors (Lipinski definition) is 1.